The van der Waals surface area contributed by atoms with Crippen LogP contribution >= 0.6 is 0 Å². The van der Waals surface area contributed by atoms with Crippen LogP contribution in [0.25, 0.3) is 5.65 Å². The average Bonchev–Trinajstić information content (AvgIpc) is 3.46. The highest BCUT2D eigenvalue weighted by atomic mass is 19.4. The van der Waals surface area contributed by atoms with E-state index in [-0.39, 0.29) is 23.9 Å². The van der Waals surface area contributed by atoms with Gasteiger partial charge in [-0.05, 0) is 36.0 Å². The molecule has 0 N–H and O–H groups in total. The minimum Gasteiger partial charge on any atom is -0.371 e. The number of hydrogen-bond donors (Lipinski definition) is 0. The summed E-state index contributed by atoms with van der Waals surface area (Å²) in [6.07, 6.45) is -0.0480. The van der Waals surface area contributed by atoms with E-state index >= 15 is 0 Å². The van der Waals surface area contributed by atoms with E-state index in [1.807, 2.05) is 35.2 Å². The SMILES string of the molecule is FC(F)(F)c1c(CN2CCO[C@H](c3ccccc3)C2)ccn2c(CC3CC3)nnc12. The molecule has 30 heavy (non-hydrogen) atoms. The molecule has 2 aliphatic rings. The fourth-order valence-electron chi connectivity index (χ4n) is 4.16. The maximum atomic E-state index is 14.0. The third-order valence-electron chi connectivity index (χ3n) is 5.90. The summed E-state index contributed by atoms with van der Waals surface area (Å²) in [5, 5.41) is 8.00. The number of nitrogens with zero attached hydrogens (tertiary/aromatic N) is 4. The molecule has 5 rings (SSSR count). The minimum atomic E-state index is -4.49. The van der Waals surface area contributed by atoms with E-state index in [1.165, 1.54) is 4.40 Å². The van der Waals surface area contributed by atoms with Crippen molar-refractivity contribution in [2.75, 3.05) is 19.7 Å². The standard InChI is InChI=1S/C22H23F3N4O/c23-22(24,25)20-17(8-9-29-19(12-15-6-7-15)26-27-21(20)29)13-28-10-11-30-18(14-28)16-4-2-1-3-5-16/h1-5,8-9,15,18H,6-7,10-14H2/t18-/m0/s1. The monoisotopic (exact) mass is 416 g/mol. The van der Waals surface area contributed by atoms with Crippen molar-refractivity contribution in [3.05, 3.63) is 65.1 Å². The van der Waals surface area contributed by atoms with E-state index in [9.17, 15) is 13.2 Å². The molecule has 1 saturated carbocycles. The molecule has 3 aromatic rings. The number of hydrogen-bond acceptors (Lipinski definition) is 4. The van der Waals surface area contributed by atoms with Crippen LogP contribution in [0.2, 0.25) is 0 Å². The van der Waals surface area contributed by atoms with E-state index in [4.69, 9.17) is 4.74 Å². The second kappa shape index (κ2) is 7.67. The number of fused-ring (bicyclic) bond motifs is 1. The summed E-state index contributed by atoms with van der Waals surface area (Å²) >= 11 is 0. The molecule has 8 heteroatoms. The second-order valence-electron chi connectivity index (χ2n) is 8.18. The quantitative estimate of drug-likeness (QED) is 0.623. The van der Waals surface area contributed by atoms with Gasteiger partial charge in [0.05, 0.1) is 12.7 Å². The number of morpholine rings is 1. The van der Waals surface area contributed by atoms with Crippen LogP contribution in [0, 0.1) is 5.92 Å². The van der Waals surface area contributed by atoms with Gasteiger partial charge >= 0.3 is 6.18 Å². The zero-order valence-corrected chi connectivity index (χ0v) is 16.5. The maximum Gasteiger partial charge on any atom is 0.420 e. The summed E-state index contributed by atoms with van der Waals surface area (Å²) in [4.78, 5) is 2.02. The first-order valence-electron chi connectivity index (χ1n) is 10.3. The molecule has 158 valence electrons. The Morgan fingerprint density at radius 2 is 1.87 bits per heavy atom. The van der Waals surface area contributed by atoms with E-state index in [0.717, 1.165) is 18.4 Å². The molecule has 2 fully saturated rings. The summed E-state index contributed by atoms with van der Waals surface area (Å²) in [7, 11) is 0. The lowest BCUT2D eigenvalue weighted by Crippen LogP contribution is -2.38. The number of benzene rings is 1. The van der Waals surface area contributed by atoms with Crippen LogP contribution in [0.3, 0.4) is 0 Å². The first kappa shape index (κ1) is 19.5. The molecule has 0 amide bonds. The fraction of sp³-hybridized carbons (Fsp3) is 0.455. The van der Waals surface area contributed by atoms with Gasteiger partial charge in [-0.3, -0.25) is 9.30 Å². The molecule has 0 bridgehead atoms. The normalized spacial score (nSPS) is 20.7. The molecular formula is C22H23F3N4O. The second-order valence-corrected chi connectivity index (χ2v) is 8.18. The lowest BCUT2D eigenvalue weighted by atomic mass is 10.1. The van der Waals surface area contributed by atoms with Crippen LogP contribution in [-0.4, -0.2) is 39.2 Å². The number of aromatic nitrogens is 3. The van der Waals surface area contributed by atoms with Crippen molar-refractivity contribution in [3.63, 3.8) is 0 Å². The molecule has 1 aliphatic heterocycles. The zero-order chi connectivity index (χ0) is 20.7. The van der Waals surface area contributed by atoms with Crippen molar-refractivity contribution in [2.24, 2.45) is 5.92 Å². The van der Waals surface area contributed by atoms with Crippen LogP contribution in [0.4, 0.5) is 13.2 Å². The number of alkyl halides is 3. The molecule has 1 aliphatic carbocycles. The van der Waals surface area contributed by atoms with Crippen molar-refractivity contribution in [1.29, 1.82) is 0 Å². The predicted molar refractivity (Wildman–Crippen MR) is 105 cm³/mol. The fourth-order valence-corrected chi connectivity index (χ4v) is 4.16. The zero-order valence-electron chi connectivity index (χ0n) is 16.5. The lowest BCUT2D eigenvalue weighted by molar-refractivity contribution is -0.137. The molecule has 5 nitrogen and oxygen atoms in total. The Morgan fingerprint density at radius 1 is 1.07 bits per heavy atom. The summed E-state index contributed by atoms with van der Waals surface area (Å²) in [5.41, 5.74) is 0.496. The number of pyridine rings is 1. The molecule has 0 radical (unpaired) electrons. The van der Waals surface area contributed by atoms with Gasteiger partial charge in [-0.2, -0.15) is 13.2 Å². The number of rotatable bonds is 5. The first-order valence-corrected chi connectivity index (χ1v) is 10.3. The van der Waals surface area contributed by atoms with Crippen LogP contribution in [0.15, 0.2) is 42.6 Å². The van der Waals surface area contributed by atoms with Crippen molar-refractivity contribution < 1.29 is 17.9 Å². The summed E-state index contributed by atoms with van der Waals surface area (Å²) in [5.74, 6) is 1.13. The Balaban J connectivity index is 1.43. The lowest BCUT2D eigenvalue weighted by Gasteiger charge is -2.33. The largest absolute Gasteiger partial charge is 0.420 e. The molecule has 1 atom stereocenters. The smallest absolute Gasteiger partial charge is 0.371 e. The van der Waals surface area contributed by atoms with E-state index in [0.29, 0.717) is 37.9 Å². The summed E-state index contributed by atoms with van der Waals surface area (Å²) in [6.45, 7) is 1.82. The highest BCUT2D eigenvalue weighted by molar-refractivity contribution is 5.53. The minimum absolute atomic E-state index is 0.0940. The first-order chi connectivity index (χ1) is 14.5. The number of ether oxygens (including phenoxy) is 1. The van der Waals surface area contributed by atoms with Gasteiger partial charge in [-0.1, -0.05) is 30.3 Å². The third kappa shape index (κ3) is 3.94. The Morgan fingerprint density at radius 3 is 2.60 bits per heavy atom. The molecule has 0 unspecified atom stereocenters. The summed E-state index contributed by atoms with van der Waals surface area (Å²) < 4.78 is 49.5. The Labute approximate surface area is 172 Å². The van der Waals surface area contributed by atoms with Gasteiger partial charge in [0.25, 0.3) is 0 Å². The Bertz CT molecular complexity index is 1030. The van der Waals surface area contributed by atoms with Gasteiger partial charge in [0.2, 0.25) is 0 Å². The molecular weight excluding hydrogens is 393 g/mol. The van der Waals surface area contributed by atoms with Crippen molar-refractivity contribution in [2.45, 2.75) is 38.1 Å². The van der Waals surface area contributed by atoms with Crippen LogP contribution in [-0.2, 0) is 23.9 Å². The van der Waals surface area contributed by atoms with E-state index in [2.05, 4.69) is 10.2 Å². The van der Waals surface area contributed by atoms with Crippen LogP contribution < -0.4 is 0 Å². The molecule has 3 heterocycles. The van der Waals surface area contributed by atoms with E-state index in [1.54, 1.807) is 12.3 Å². The van der Waals surface area contributed by atoms with Crippen molar-refractivity contribution in [1.82, 2.24) is 19.5 Å². The van der Waals surface area contributed by atoms with Gasteiger partial charge in [0.1, 0.15) is 11.4 Å². The van der Waals surface area contributed by atoms with Gasteiger partial charge in [0.15, 0.2) is 5.65 Å². The molecule has 0 spiro atoms. The van der Waals surface area contributed by atoms with Crippen molar-refractivity contribution >= 4 is 5.65 Å². The highest BCUT2D eigenvalue weighted by Crippen LogP contribution is 2.37. The molecule has 1 aromatic carbocycles. The average molecular weight is 416 g/mol. The number of halogens is 3. The van der Waals surface area contributed by atoms with Gasteiger partial charge in [-0.15, -0.1) is 10.2 Å². The Hall–Kier alpha value is -2.45. The van der Waals surface area contributed by atoms with Gasteiger partial charge in [0, 0.05) is 32.3 Å². The highest BCUT2D eigenvalue weighted by Gasteiger charge is 2.38. The van der Waals surface area contributed by atoms with Crippen molar-refractivity contribution in [3.8, 4) is 0 Å². The predicted octanol–water partition coefficient (Wildman–Crippen LogP) is 4.27. The summed E-state index contributed by atoms with van der Waals surface area (Å²) in [6, 6.07) is 11.4. The van der Waals surface area contributed by atoms with Crippen LogP contribution in [0.1, 0.15) is 41.5 Å². The third-order valence-corrected chi connectivity index (χ3v) is 5.90. The Kier molecular flexibility index (Phi) is 4.99. The molecule has 1 saturated heterocycles. The topological polar surface area (TPSA) is 42.7 Å². The van der Waals surface area contributed by atoms with Crippen LogP contribution in [0.5, 0.6) is 0 Å². The van der Waals surface area contributed by atoms with E-state index < -0.39 is 11.7 Å². The van der Waals surface area contributed by atoms with Gasteiger partial charge in [-0.25, -0.2) is 0 Å². The maximum absolute atomic E-state index is 14.0. The molecule has 2 aromatic heterocycles. The van der Waals surface area contributed by atoms with Gasteiger partial charge < -0.3 is 4.74 Å².